The maximum absolute atomic E-state index is 11.2. The van der Waals surface area contributed by atoms with Gasteiger partial charge in [0.15, 0.2) is 0 Å². The molecule has 0 saturated heterocycles. The van der Waals surface area contributed by atoms with Crippen molar-refractivity contribution in [1.82, 2.24) is 9.97 Å². The number of halogens is 1. The van der Waals surface area contributed by atoms with E-state index in [1.807, 2.05) is 6.08 Å². The molecular formula is C10H14BrN3O2. The minimum absolute atomic E-state index is 0.204. The summed E-state index contributed by atoms with van der Waals surface area (Å²) in [6.45, 7) is 5.43. The zero-order valence-electron chi connectivity index (χ0n) is 8.83. The van der Waals surface area contributed by atoms with Gasteiger partial charge in [-0.2, -0.15) is 0 Å². The Bertz CT molecular complexity index is 392. The molecule has 1 aromatic heterocycles. The average molecular weight is 288 g/mol. The Morgan fingerprint density at radius 2 is 2.44 bits per heavy atom. The Morgan fingerprint density at radius 1 is 1.62 bits per heavy atom. The van der Waals surface area contributed by atoms with Gasteiger partial charge in [0, 0.05) is 6.54 Å². The van der Waals surface area contributed by atoms with Crippen LogP contribution in [0.1, 0.15) is 6.42 Å². The van der Waals surface area contributed by atoms with Crippen molar-refractivity contribution in [1.29, 1.82) is 0 Å². The molecule has 1 rings (SSSR count). The van der Waals surface area contributed by atoms with E-state index in [9.17, 15) is 4.79 Å². The molecule has 2 N–H and O–H groups in total. The molecule has 0 amide bonds. The van der Waals surface area contributed by atoms with Crippen LogP contribution in [0.4, 0.5) is 5.82 Å². The van der Waals surface area contributed by atoms with Crippen molar-refractivity contribution < 1.29 is 4.74 Å². The standard InChI is InChI=1S/C10H14BrN3O2/c1-2-3-5-16-6-4-12-9-8(11)10(15)14-7-13-9/h2,7H,1,3-6H2,(H2,12,13,14,15). The predicted octanol–water partition coefficient (Wildman–Crippen LogP) is 1.54. The van der Waals surface area contributed by atoms with E-state index in [2.05, 4.69) is 37.8 Å². The van der Waals surface area contributed by atoms with E-state index in [0.29, 0.717) is 30.0 Å². The second kappa shape index (κ2) is 7.19. The second-order valence-electron chi connectivity index (χ2n) is 3.01. The van der Waals surface area contributed by atoms with Crippen molar-refractivity contribution in [3.63, 3.8) is 0 Å². The zero-order valence-corrected chi connectivity index (χ0v) is 10.4. The normalized spacial score (nSPS) is 10.1. The van der Waals surface area contributed by atoms with E-state index in [-0.39, 0.29) is 5.56 Å². The fraction of sp³-hybridized carbons (Fsp3) is 0.400. The van der Waals surface area contributed by atoms with Crippen LogP contribution in [0.2, 0.25) is 0 Å². The predicted molar refractivity (Wildman–Crippen MR) is 66.7 cm³/mol. The maximum atomic E-state index is 11.2. The molecule has 1 aromatic rings. The van der Waals surface area contributed by atoms with Crippen LogP contribution in [-0.4, -0.2) is 29.7 Å². The Labute approximate surface area is 102 Å². The first-order valence-electron chi connectivity index (χ1n) is 4.91. The third-order valence-electron chi connectivity index (χ3n) is 1.80. The Morgan fingerprint density at radius 3 is 3.19 bits per heavy atom. The number of anilines is 1. The third kappa shape index (κ3) is 4.16. The summed E-state index contributed by atoms with van der Waals surface area (Å²) < 4.78 is 5.71. The van der Waals surface area contributed by atoms with Crippen LogP contribution in [0.15, 0.2) is 28.2 Å². The molecule has 6 heteroatoms. The molecule has 88 valence electrons. The van der Waals surface area contributed by atoms with Crippen molar-refractivity contribution in [2.24, 2.45) is 0 Å². The fourth-order valence-corrected chi connectivity index (χ4v) is 1.37. The van der Waals surface area contributed by atoms with Crippen LogP contribution in [0.5, 0.6) is 0 Å². The van der Waals surface area contributed by atoms with Crippen LogP contribution in [0.3, 0.4) is 0 Å². The summed E-state index contributed by atoms with van der Waals surface area (Å²) in [4.78, 5) is 17.6. The molecule has 0 aliphatic heterocycles. The lowest BCUT2D eigenvalue weighted by Gasteiger charge is -2.06. The zero-order chi connectivity index (χ0) is 11.8. The molecular weight excluding hydrogens is 274 g/mol. The summed E-state index contributed by atoms with van der Waals surface area (Å²) in [5.41, 5.74) is -0.204. The van der Waals surface area contributed by atoms with Gasteiger partial charge >= 0.3 is 0 Å². The quantitative estimate of drug-likeness (QED) is 0.590. The second-order valence-corrected chi connectivity index (χ2v) is 3.80. The summed E-state index contributed by atoms with van der Waals surface area (Å²) >= 11 is 3.15. The molecule has 0 saturated carbocycles. The van der Waals surface area contributed by atoms with Gasteiger partial charge in [-0.05, 0) is 22.4 Å². The summed E-state index contributed by atoms with van der Waals surface area (Å²) in [6.07, 6.45) is 4.00. The van der Waals surface area contributed by atoms with Gasteiger partial charge in [0.05, 0.1) is 19.5 Å². The number of hydrogen-bond acceptors (Lipinski definition) is 4. The van der Waals surface area contributed by atoms with Gasteiger partial charge in [-0.1, -0.05) is 6.08 Å². The van der Waals surface area contributed by atoms with Crippen molar-refractivity contribution >= 4 is 21.7 Å². The van der Waals surface area contributed by atoms with Crippen LogP contribution >= 0.6 is 15.9 Å². The monoisotopic (exact) mass is 287 g/mol. The van der Waals surface area contributed by atoms with Gasteiger partial charge in [0.25, 0.3) is 5.56 Å². The Hall–Kier alpha value is -1.14. The number of hydrogen-bond donors (Lipinski definition) is 2. The van der Waals surface area contributed by atoms with Gasteiger partial charge in [-0.25, -0.2) is 4.98 Å². The number of H-pyrrole nitrogens is 1. The molecule has 16 heavy (non-hydrogen) atoms. The lowest BCUT2D eigenvalue weighted by Crippen LogP contribution is -2.15. The number of aromatic amines is 1. The van der Waals surface area contributed by atoms with Gasteiger partial charge in [-0.15, -0.1) is 6.58 Å². The largest absolute Gasteiger partial charge is 0.379 e. The van der Waals surface area contributed by atoms with E-state index in [0.717, 1.165) is 6.42 Å². The summed E-state index contributed by atoms with van der Waals surface area (Å²) in [7, 11) is 0. The van der Waals surface area contributed by atoms with Crippen molar-refractivity contribution in [3.05, 3.63) is 33.8 Å². The average Bonchev–Trinajstić information content (AvgIpc) is 2.29. The van der Waals surface area contributed by atoms with Crippen LogP contribution in [-0.2, 0) is 4.74 Å². The SMILES string of the molecule is C=CCCOCCNc1nc[nH]c(=O)c1Br. The molecule has 0 atom stereocenters. The number of ether oxygens (including phenoxy) is 1. The first kappa shape index (κ1) is 12.9. The first-order valence-corrected chi connectivity index (χ1v) is 5.70. The number of rotatable bonds is 7. The maximum Gasteiger partial charge on any atom is 0.267 e. The number of nitrogens with one attached hydrogen (secondary N) is 2. The lowest BCUT2D eigenvalue weighted by atomic mass is 10.4. The van der Waals surface area contributed by atoms with Crippen LogP contribution < -0.4 is 10.9 Å². The van der Waals surface area contributed by atoms with Gasteiger partial charge in [0.2, 0.25) is 0 Å². The summed E-state index contributed by atoms with van der Waals surface area (Å²) in [5.74, 6) is 0.524. The molecule has 0 spiro atoms. The molecule has 1 heterocycles. The minimum Gasteiger partial charge on any atom is -0.379 e. The molecule has 0 radical (unpaired) electrons. The molecule has 0 fully saturated rings. The Kier molecular flexibility index (Phi) is 5.81. The Balaban J connectivity index is 2.29. The van der Waals surface area contributed by atoms with Gasteiger partial charge in [0.1, 0.15) is 10.3 Å². The molecule has 0 aliphatic rings. The third-order valence-corrected chi connectivity index (χ3v) is 2.54. The van der Waals surface area contributed by atoms with E-state index < -0.39 is 0 Å². The number of nitrogens with zero attached hydrogens (tertiary/aromatic N) is 1. The van der Waals surface area contributed by atoms with Crippen LogP contribution in [0, 0.1) is 0 Å². The van der Waals surface area contributed by atoms with Crippen molar-refractivity contribution in [2.75, 3.05) is 25.1 Å². The molecule has 0 aromatic carbocycles. The van der Waals surface area contributed by atoms with Gasteiger partial charge < -0.3 is 15.0 Å². The minimum atomic E-state index is -0.204. The lowest BCUT2D eigenvalue weighted by molar-refractivity contribution is 0.149. The molecule has 0 unspecified atom stereocenters. The van der Waals surface area contributed by atoms with Crippen molar-refractivity contribution in [2.45, 2.75) is 6.42 Å². The summed E-state index contributed by atoms with van der Waals surface area (Å²) in [6, 6.07) is 0. The summed E-state index contributed by atoms with van der Waals surface area (Å²) in [5, 5.41) is 3.00. The molecule has 0 bridgehead atoms. The van der Waals surface area contributed by atoms with E-state index >= 15 is 0 Å². The fourth-order valence-electron chi connectivity index (χ4n) is 1.02. The highest BCUT2D eigenvalue weighted by atomic mass is 79.9. The molecule has 5 nitrogen and oxygen atoms in total. The van der Waals surface area contributed by atoms with Gasteiger partial charge in [-0.3, -0.25) is 4.79 Å². The first-order chi connectivity index (χ1) is 7.75. The van der Waals surface area contributed by atoms with Crippen LogP contribution in [0.25, 0.3) is 0 Å². The highest BCUT2D eigenvalue weighted by molar-refractivity contribution is 9.10. The van der Waals surface area contributed by atoms with E-state index in [1.54, 1.807) is 0 Å². The van der Waals surface area contributed by atoms with Crippen molar-refractivity contribution in [3.8, 4) is 0 Å². The topological polar surface area (TPSA) is 67.0 Å². The smallest absolute Gasteiger partial charge is 0.267 e. The van der Waals surface area contributed by atoms with E-state index in [4.69, 9.17) is 4.74 Å². The number of aromatic nitrogens is 2. The van der Waals surface area contributed by atoms with E-state index in [1.165, 1.54) is 6.33 Å². The molecule has 0 aliphatic carbocycles. The highest BCUT2D eigenvalue weighted by Gasteiger charge is 2.03. The highest BCUT2D eigenvalue weighted by Crippen LogP contribution is 2.12.